The summed E-state index contributed by atoms with van der Waals surface area (Å²) in [4.78, 5) is 4.20. The van der Waals surface area contributed by atoms with E-state index in [0.717, 1.165) is 33.5 Å². The van der Waals surface area contributed by atoms with Gasteiger partial charge in [0.15, 0.2) is 0 Å². The number of nitrogens with zero attached hydrogens (tertiary/aromatic N) is 4. The summed E-state index contributed by atoms with van der Waals surface area (Å²) in [5.74, 6) is 0.700. The lowest BCUT2D eigenvalue weighted by molar-refractivity contribution is 0.409. The van der Waals surface area contributed by atoms with E-state index in [-0.39, 0.29) is 12.4 Å². The van der Waals surface area contributed by atoms with Gasteiger partial charge in [-0.25, -0.2) is 4.98 Å². The highest BCUT2D eigenvalue weighted by Gasteiger charge is 2.19. The summed E-state index contributed by atoms with van der Waals surface area (Å²) in [6, 6.07) is 18.6. The van der Waals surface area contributed by atoms with Crippen molar-refractivity contribution in [2.45, 2.75) is 13.8 Å². The zero-order chi connectivity index (χ0) is 18.4. The maximum atomic E-state index is 5.74. The van der Waals surface area contributed by atoms with Gasteiger partial charge in [-0.2, -0.15) is 0 Å². The molecule has 6 heteroatoms. The van der Waals surface area contributed by atoms with E-state index in [4.69, 9.17) is 4.52 Å². The van der Waals surface area contributed by atoms with Crippen molar-refractivity contribution in [2.24, 2.45) is 0 Å². The summed E-state index contributed by atoms with van der Waals surface area (Å²) in [6.07, 6.45) is 5.56. The minimum Gasteiger partial charge on any atom is -0.337 e. The smallest absolute Gasteiger partial charge is 0.236 e. The van der Waals surface area contributed by atoms with Crippen molar-refractivity contribution >= 4 is 23.3 Å². The third kappa shape index (κ3) is 2.80. The second kappa shape index (κ2) is 7.02. The Morgan fingerprint density at radius 1 is 0.964 bits per heavy atom. The molecule has 28 heavy (non-hydrogen) atoms. The molecule has 3 heterocycles. The number of rotatable bonds is 3. The van der Waals surface area contributed by atoms with E-state index in [2.05, 4.69) is 65.0 Å². The quantitative estimate of drug-likeness (QED) is 0.408. The molecule has 0 N–H and O–H groups in total. The van der Waals surface area contributed by atoms with E-state index in [1.807, 2.05) is 35.3 Å². The lowest BCUT2D eigenvalue weighted by Gasteiger charge is -2.04. The summed E-state index contributed by atoms with van der Waals surface area (Å²) in [5, 5.41) is 5.44. The Hall–Kier alpha value is -3.31. The first-order chi connectivity index (χ1) is 13.2. The standard InChI is InChI=1S/C22H18N4O.ClH/c1-15-7-9-17(10-8-15)19-13-21(27-24-19)26-16(2)22(25-12-11-23-14-25)18-5-3-4-6-20(18)26;/h3-14H,1-2H3;1H. The molecule has 5 nitrogen and oxygen atoms in total. The predicted molar refractivity (Wildman–Crippen MR) is 113 cm³/mol. The van der Waals surface area contributed by atoms with Gasteiger partial charge in [0.05, 0.1) is 17.5 Å². The van der Waals surface area contributed by atoms with E-state index >= 15 is 0 Å². The van der Waals surface area contributed by atoms with Crippen LogP contribution in [0.3, 0.4) is 0 Å². The van der Waals surface area contributed by atoms with Gasteiger partial charge in [0.25, 0.3) is 0 Å². The van der Waals surface area contributed by atoms with Gasteiger partial charge < -0.3 is 9.09 Å². The number of hydrogen-bond acceptors (Lipinski definition) is 3. The number of benzene rings is 2. The second-order valence-electron chi connectivity index (χ2n) is 6.67. The molecule has 2 aromatic carbocycles. The van der Waals surface area contributed by atoms with Crippen LogP contribution in [0.1, 0.15) is 11.3 Å². The summed E-state index contributed by atoms with van der Waals surface area (Å²) in [5.41, 5.74) is 6.33. The Kier molecular flexibility index (Phi) is 4.53. The second-order valence-corrected chi connectivity index (χ2v) is 6.67. The molecule has 0 saturated carbocycles. The number of imidazole rings is 1. The van der Waals surface area contributed by atoms with Crippen molar-refractivity contribution in [1.29, 1.82) is 0 Å². The average Bonchev–Trinajstić information content (AvgIpc) is 3.40. The van der Waals surface area contributed by atoms with Gasteiger partial charge in [0.2, 0.25) is 5.88 Å². The lowest BCUT2D eigenvalue weighted by Crippen LogP contribution is -1.97. The van der Waals surface area contributed by atoms with Crippen LogP contribution >= 0.6 is 12.4 Å². The molecule has 5 aromatic rings. The molecule has 0 atom stereocenters. The van der Waals surface area contributed by atoms with E-state index in [9.17, 15) is 0 Å². The summed E-state index contributed by atoms with van der Waals surface area (Å²) < 4.78 is 9.88. The first-order valence-corrected chi connectivity index (χ1v) is 8.85. The van der Waals surface area contributed by atoms with Gasteiger partial charge in [0.1, 0.15) is 5.69 Å². The molecule has 0 unspecified atom stereocenters. The van der Waals surface area contributed by atoms with Crippen LogP contribution in [-0.4, -0.2) is 19.3 Å². The van der Waals surface area contributed by atoms with Gasteiger partial charge in [-0.05, 0) is 19.9 Å². The van der Waals surface area contributed by atoms with Gasteiger partial charge in [-0.1, -0.05) is 53.2 Å². The van der Waals surface area contributed by atoms with Gasteiger partial charge in [-0.15, -0.1) is 12.4 Å². The minimum absolute atomic E-state index is 0. The molecule has 0 spiro atoms. The molecule has 140 valence electrons. The fourth-order valence-electron chi connectivity index (χ4n) is 3.58. The first-order valence-electron chi connectivity index (χ1n) is 8.85. The minimum atomic E-state index is 0. The van der Waals surface area contributed by atoms with E-state index < -0.39 is 0 Å². The Morgan fingerprint density at radius 2 is 1.75 bits per heavy atom. The molecule has 0 fully saturated rings. The fourth-order valence-corrected chi connectivity index (χ4v) is 3.58. The monoisotopic (exact) mass is 390 g/mol. The molecule has 0 radical (unpaired) electrons. The number of halogens is 1. The van der Waals surface area contributed by atoms with Crippen molar-refractivity contribution in [1.82, 2.24) is 19.3 Å². The highest BCUT2D eigenvalue weighted by molar-refractivity contribution is 5.92. The van der Waals surface area contributed by atoms with Crippen molar-refractivity contribution in [3.8, 4) is 22.8 Å². The Bertz CT molecular complexity index is 1230. The van der Waals surface area contributed by atoms with Gasteiger partial charge in [-0.3, -0.25) is 4.57 Å². The Morgan fingerprint density at radius 3 is 2.50 bits per heavy atom. The zero-order valence-electron chi connectivity index (χ0n) is 15.5. The maximum Gasteiger partial charge on any atom is 0.236 e. The number of aromatic nitrogens is 4. The van der Waals surface area contributed by atoms with Crippen molar-refractivity contribution in [2.75, 3.05) is 0 Å². The van der Waals surface area contributed by atoms with Crippen LogP contribution in [0.2, 0.25) is 0 Å². The topological polar surface area (TPSA) is 48.8 Å². The average molecular weight is 391 g/mol. The van der Waals surface area contributed by atoms with Crippen molar-refractivity contribution in [3.05, 3.63) is 84.6 Å². The van der Waals surface area contributed by atoms with Gasteiger partial charge in [0, 0.05) is 35.1 Å². The Balaban J connectivity index is 0.00000192. The number of para-hydroxylation sites is 1. The third-order valence-electron chi connectivity index (χ3n) is 4.91. The molecule has 3 aromatic heterocycles. The maximum absolute atomic E-state index is 5.74. The third-order valence-corrected chi connectivity index (χ3v) is 4.91. The molecule has 0 bridgehead atoms. The number of fused-ring (bicyclic) bond motifs is 1. The molecule has 0 saturated heterocycles. The van der Waals surface area contributed by atoms with Crippen molar-refractivity contribution in [3.63, 3.8) is 0 Å². The molecule has 0 aliphatic carbocycles. The largest absolute Gasteiger partial charge is 0.337 e. The molecule has 0 aliphatic heterocycles. The highest BCUT2D eigenvalue weighted by atomic mass is 35.5. The summed E-state index contributed by atoms with van der Waals surface area (Å²) >= 11 is 0. The van der Waals surface area contributed by atoms with Crippen LogP contribution in [0.25, 0.3) is 33.7 Å². The lowest BCUT2D eigenvalue weighted by atomic mass is 10.1. The molecule has 0 aliphatic rings. The normalized spacial score (nSPS) is 10.9. The van der Waals surface area contributed by atoms with Crippen LogP contribution < -0.4 is 0 Å². The van der Waals surface area contributed by atoms with E-state index in [0.29, 0.717) is 5.88 Å². The van der Waals surface area contributed by atoms with Gasteiger partial charge >= 0.3 is 0 Å². The highest BCUT2D eigenvalue weighted by Crippen LogP contribution is 2.33. The number of aryl methyl sites for hydroxylation is 1. The first kappa shape index (κ1) is 18.1. The Labute approximate surface area is 168 Å². The predicted octanol–water partition coefficient (Wildman–Crippen LogP) is 5.51. The molecule has 0 amide bonds. The van der Waals surface area contributed by atoms with Crippen LogP contribution in [0.5, 0.6) is 0 Å². The van der Waals surface area contributed by atoms with Crippen LogP contribution in [0.15, 0.2) is 77.8 Å². The van der Waals surface area contributed by atoms with Crippen LogP contribution in [0, 0.1) is 13.8 Å². The molecule has 5 rings (SSSR count). The van der Waals surface area contributed by atoms with Crippen LogP contribution in [-0.2, 0) is 0 Å². The van der Waals surface area contributed by atoms with E-state index in [1.54, 1.807) is 6.20 Å². The summed E-state index contributed by atoms with van der Waals surface area (Å²) in [7, 11) is 0. The van der Waals surface area contributed by atoms with Crippen LogP contribution in [0.4, 0.5) is 0 Å². The molecular formula is C22H19ClN4O. The SMILES string of the molecule is Cc1ccc(-c2cc(-n3c(C)c(-n4ccnc4)c4ccccc43)on2)cc1.Cl. The zero-order valence-corrected chi connectivity index (χ0v) is 16.4. The number of hydrogen-bond donors (Lipinski definition) is 0. The molecular weight excluding hydrogens is 372 g/mol. The van der Waals surface area contributed by atoms with Crippen molar-refractivity contribution < 1.29 is 4.52 Å². The van der Waals surface area contributed by atoms with E-state index in [1.165, 1.54) is 5.56 Å². The fraction of sp³-hybridized carbons (Fsp3) is 0.0909. The summed E-state index contributed by atoms with van der Waals surface area (Å²) in [6.45, 7) is 4.16.